The molecule has 0 aliphatic carbocycles. The minimum absolute atomic E-state index is 0.161. The molecule has 3 N–H and O–H groups in total. The summed E-state index contributed by atoms with van der Waals surface area (Å²) in [5.74, 6) is 5.02. The maximum Gasteiger partial charge on any atom is 0.287 e. The lowest BCUT2D eigenvalue weighted by Crippen LogP contribution is -2.22. The van der Waals surface area contributed by atoms with Crippen LogP contribution in [0.5, 0.6) is 0 Å². The van der Waals surface area contributed by atoms with Gasteiger partial charge in [0.05, 0.1) is 6.54 Å². The summed E-state index contributed by atoms with van der Waals surface area (Å²) in [5, 5.41) is 12.1. The highest BCUT2D eigenvalue weighted by Crippen LogP contribution is 2.18. The fourth-order valence-electron chi connectivity index (χ4n) is 2.22. The first-order chi connectivity index (χ1) is 12.2. The zero-order chi connectivity index (χ0) is 17.6. The van der Waals surface area contributed by atoms with Crippen LogP contribution < -0.4 is 10.8 Å². The Hall–Kier alpha value is -3.56. The summed E-state index contributed by atoms with van der Waals surface area (Å²) in [6, 6.07) is 15.5. The molecular formula is C19H14N2O4. The van der Waals surface area contributed by atoms with Crippen molar-refractivity contribution in [2.75, 3.05) is 6.54 Å². The van der Waals surface area contributed by atoms with E-state index < -0.39 is 5.91 Å². The van der Waals surface area contributed by atoms with Gasteiger partial charge >= 0.3 is 0 Å². The summed E-state index contributed by atoms with van der Waals surface area (Å²) >= 11 is 0. The third-order valence-electron chi connectivity index (χ3n) is 3.47. The van der Waals surface area contributed by atoms with Gasteiger partial charge in [-0.25, -0.2) is 5.48 Å². The Balaban J connectivity index is 1.58. The maximum absolute atomic E-state index is 12.0. The molecule has 0 fully saturated rings. The number of nitrogens with one attached hydrogen (secondary N) is 2. The summed E-state index contributed by atoms with van der Waals surface area (Å²) in [5.41, 5.74) is 3.23. The molecule has 0 bridgehead atoms. The molecule has 0 spiro atoms. The molecule has 3 aromatic rings. The molecule has 2 amide bonds. The standard InChI is InChI=1S/C19H14N2O4/c22-18(21-24)14-9-7-13(8-10-14)4-3-11-20-19(23)17-12-15-5-1-2-6-16(15)25-17/h1-2,5-10,12,24H,11H2,(H,20,23)(H,21,22). The number of amides is 2. The van der Waals surface area contributed by atoms with Crippen LogP contribution in [0.15, 0.2) is 59.0 Å². The number of carbonyl (C=O) groups is 2. The second kappa shape index (κ2) is 7.34. The molecule has 0 saturated heterocycles. The van der Waals surface area contributed by atoms with Gasteiger partial charge in [0, 0.05) is 16.5 Å². The van der Waals surface area contributed by atoms with Gasteiger partial charge in [0.25, 0.3) is 11.8 Å². The van der Waals surface area contributed by atoms with Crippen molar-refractivity contribution in [2.45, 2.75) is 0 Å². The molecule has 1 heterocycles. The number of furan rings is 1. The Kier molecular flexibility index (Phi) is 4.79. The van der Waals surface area contributed by atoms with Crippen LogP contribution in [0.2, 0.25) is 0 Å². The summed E-state index contributed by atoms with van der Waals surface area (Å²) in [6.07, 6.45) is 0. The van der Waals surface area contributed by atoms with Gasteiger partial charge in [-0.15, -0.1) is 0 Å². The van der Waals surface area contributed by atoms with Gasteiger partial charge in [-0.3, -0.25) is 14.8 Å². The van der Waals surface area contributed by atoms with E-state index in [1.807, 2.05) is 18.2 Å². The number of carbonyl (C=O) groups excluding carboxylic acids is 2. The molecule has 1 aromatic heterocycles. The number of fused-ring (bicyclic) bond motifs is 1. The first kappa shape index (κ1) is 16.3. The SMILES string of the molecule is O=C(NO)c1ccc(C#CCNC(=O)c2cc3ccccc3o2)cc1. The molecule has 124 valence electrons. The lowest BCUT2D eigenvalue weighted by atomic mass is 10.1. The van der Waals surface area contributed by atoms with Crippen LogP contribution in [0.25, 0.3) is 11.0 Å². The van der Waals surface area contributed by atoms with Crippen molar-refractivity contribution in [1.82, 2.24) is 10.8 Å². The predicted octanol–water partition coefficient (Wildman–Crippen LogP) is 2.33. The van der Waals surface area contributed by atoms with Gasteiger partial charge in [0.1, 0.15) is 5.58 Å². The Bertz CT molecular complexity index is 945. The fraction of sp³-hybridized carbons (Fsp3) is 0.0526. The highest BCUT2D eigenvalue weighted by molar-refractivity contribution is 5.96. The lowest BCUT2D eigenvalue weighted by Gasteiger charge is -1.98. The van der Waals surface area contributed by atoms with Crippen molar-refractivity contribution >= 4 is 22.8 Å². The normalized spacial score (nSPS) is 9.96. The monoisotopic (exact) mass is 334 g/mol. The third-order valence-corrected chi connectivity index (χ3v) is 3.47. The average molecular weight is 334 g/mol. The molecule has 0 atom stereocenters. The van der Waals surface area contributed by atoms with E-state index >= 15 is 0 Å². The van der Waals surface area contributed by atoms with E-state index in [2.05, 4.69) is 17.2 Å². The predicted molar refractivity (Wildman–Crippen MR) is 91.1 cm³/mol. The van der Waals surface area contributed by atoms with Crippen LogP contribution in [0, 0.1) is 11.8 Å². The average Bonchev–Trinajstić information content (AvgIpc) is 3.09. The molecule has 0 saturated carbocycles. The largest absolute Gasteiger partial charge is 0.451 e. The Labute approximate surface area is 143 Å². The van der Waals surface area contributed by atoms with Crippen molar-refractivity contribution in [3.8, 4) is 11.8 Å². The van der Waals surface area contributed by atoms with E-state index in [0.29, 0.717) is 16.7 Å². The van der Waals surface area contributed by atoms with Crippen molar-refractivity contribution in [3.63, 3.8) is 0 Å². The second-order valence-corrected chi connectivity index (χ2v) is 5.15. The van der Waals surface area contributed by atoms with E-state index in [0.717, 1.165) is 5.39 Å². The number of hydrogen-bond donors (Lipinski definition) is 3. The van der Waals surface area contributed by atoms with Gasteiger partial charge in [0.2, 0.25) is 0 Å². The van der Waals surface area contributed by atoms with Gasteiger partial charge in [-0.2, -0.15) is 0 Å². The molecule has 0 aliphatic rings. The number of rotatable bonds is 3. The van der Waals surface area contributed by atoms with Crippen LogP contribution in [-0.2, 0) is 0 Å². The van der Waals surface area contributed by atoms with Gasteiger partial charge in [-0.05, 0) is 36.4 Å². The summed E-state index contributed by atoms with van der Waals surface area (Å²) in [4.78, 5) is 23.2. The number of hydrogen-bond acceptors (Lipinski definition) is 4. The molecule has 0 aliphatic heterocycles. The maximum atomic E-state index is 12.0. The van der Waals surface area contributed by atoms with Crippen molar-refractivity contribution < 1.29 is 19.2 Å². The third kappa shape index (κ3) is 3.86. The van der Waals surface area contributed by atoms with E-state index in [4.69, 9.17) is 9.62 Å². The minimum atomic E-state index is -0.586. The van der Waals surface area contributed by atoms with Crippen LogP contribution in [-0.4, -0.2) is 23.6 Å². The highest BCUT2D eigenvalue weighted by atomic mass is 16.5. The Morgan fingerprint density at radius 2 is 1.80 bits per heavy atom. The smallest absolute Gasteiger partial charge is 0.287 e. The zero-order valence-electron chi connectivity index (χ0n) is 13.1. The Morgan fingerprint density at radius 3 is 2.52 bits per heavy atom. The summed E-state index contributed by atoms with van der Waals surface area (Å²) in [7, 11) is 0. The lowest BCUT2D eigenvalue weighted by molar-refractivity contribution is 0.0706. The molecule has 25 heavy (non-hydrogen) atoms. The van der Waals surface area contributed by atoms with E-state index in [-0.39, 0.29) is 18.2 Å². The summed E-state index contributed by atoms with van der Waals surface area (Å²) in [6.45, 7) is 0.161. The first-order valence-corrected chi connectivity index (χ1v) is 7.47. The van der Waals surface area contributed by atoms with E-state index in [1.165, 1.54) is 0 Å². The molecule has 6 nitrogen and oxygen atoms in total. The van der Waals surface area contributed by atoms with Crippen LogP contribution in [0.4, 0.5) is 0 Å². The van der Waals surface area contributed by atoms with Crippen molar-refractivity contribution in [1.29, 1.82) is 0 Å². The van der Waals surface area contributed by atoms with Crippen molar-refractivity contribution in [2.24, 2.45) is 0 Å². The van der Waals surface area contributed by atoms with E-state index in [1.54, 1.807) is 41.9 Å². The van der Waals surface area contributed by atoms with Gasteiger partial charge < -0.3 is 9.73 Å². The minimum Gasteiger partial charge on any atom is -0.451 e. The van der Waals surface area contributed by atoms with Gasteiger partial charge in [0.15, 0.2) is 5.76 Å². The first-order valence-electron chi connectivity index (χ1n) is 7.47. The second-order valence-electron chi connectivity index (χ2n) is 5.15. The molecule has 3 rings (SSSR count). The summed E-state index contributed by atoms with van der Waals surface area (Å²) < 4.78 is 5.47. The molecule has 0 unspecified atom stereocenters. The van der Waals surface area contributed by atoms with Gasteiger partial charge in [-0.1, -0.05) is 30.0 Å². The van der Waals surface area contributed by atoms with Crippen molar-refractivity contribution in [3.05, 3.63) is 71.5 Å². The van der Waals surface area contributed by atoms with Crippen LogP contribution in [0.3, 0.4) is 0 Å². The number of para-hydroxylation sites is 1. The van der Waals surface area contributed by atoms with Crippen LogP contribution in [0.1, 0.15) is 26.5 Å². The Morgan fingerprint density at radius 1 is 1.04 bits per heavy atom. The quantitative estimate of drug-likeness (QED) is 0.389. The molecule has 0 radical (unpaired) electrons. The van der Waals surface area contributed by atoms with Crippen LogP contribution >= 0.6 is 0 Å². The highest BCUT2D eigenvalue weighted by Gasteiger charge is 2.10. The zero-order valence-corrected chi connectivity index (χ0v) is 13.1. The van der Waals surface area contributed by atoms with E-state index in [9.17, 15) is 9.59 Å². The topological polar surface area (TPSA) is 91.6 Å². The molecular weight excluding hydrogens is 320 g/mol. The number of benzene rings is 2. The molecule has 6 heteroatoms. The molecule has 2 aromatic carbocycles. The fourth-order valence-corrected chi connectivity index (χ4v) is 2.22. The number of hydroxylamine groups is 1.